The molecular weight excluding hydrogens is 202 g/mol. The van der Waals surface area contributed by atoms with E-state index in [0.29, 0.717) is 11.6 Å². The topological polar surface area (TPSA) is 67.8 Å². The van der Waals surface area contributed by atoms with Crippen molar-refractivity contribution in [2.45, 2.75) is 6.92 Å². The number of aromatic amines is 1. The van der Waals surface area contributed by atoms with Gasteiger partial charge < -0.3 is 15.2 Å². The van der Waals surface area contributed by atoms with Crippen molar-refractivity contribution < 1.29 is 4.52 Å². The van der Waals surface area contributed by atoms with E-state index in [4.69, 9.17) is 10.3 Å². The number of rotatable bonds is 1. The molecule has 0 saturated heterocycles. The zero-order valence-corrected chi connectivity index (χ0v) is 8.82. The molecule has 0 fully saturated rings. The van der Waals surface area contributed by atoms with Gasteiger partial charge in [-0.25, -0.2) is 0 Å². The quantitative estimate of drug-likeness (QED) is 0.653. The normalized spacial score (nSPS) is 11.1. The molecule has 4 nitrogen and oxygen atoms in total. The molecule has 16 heavy (non-hydrogen) atoms. The summed E-state index contributed by atoms with van der Waals surface area (Å²) in [6.07, 6.45) is 0. The summed E-state index contributed by atoms with van der Waals surface area (Å²) in [7, 11) is 0. The van der Waals surface area contributed by atoms with E-state index < -0.39 is 0 Å². The Bertz CT molecular complexity index is 651. The number of nitrogen functional groups attached to an aromatic ring is 1. The highest BCUT2D eigenvalue weighted by Gasteiger charge is 2.08. The van der Waals surface area contributed by atoms with E-state index in [1.54, 1.807) is 6.07 Å². The maximum atomic E-state index is 5.52. The highest BCUT2D eigenvalue weighted by atomic mass is 16.5. The van der Waals surface area contributed by atoms with Gasteiger partial charge in [-0.05, 0) is 25.1 Å². The number of anilines is 1. The number of H-pyrrole nitrogens is 1. The zero-order valence-electron chi connectivity index (χ0n) is 8.82. The van der Waals surface area contributed by atoms with Crippen molar-refractivity contribution in [3.05, 3.63) is 35.9 Å². The SMILES string of the molecule is Cc1ccc2[nH]c(-c3cc(N)no3)cc2c1. The number of fused-ring (bicyclic) bond motifs is 1. The van der Waals surface area contributed by atoms with Gasteiger partial charge in [-0.15, -0.1) is 0 Å². The number of nitrogens with two attached hydrogens (primary N) is 1. The molecule has 4 heteroatoms. The van der Waals surface area contributed by atoms with Gasteiger partial charge in [-0.2, -0.15) is 0 Å². The minimum atomic E-state index is 0.393. The fraction of sp³-hybridized carbons (Fsp3) is 0.0833. The average Bonchev–Trinajstić information content (AvgIpc) is 2.83. The van der Waals surface area contributed by atoms with Gasteiger partial charge in [0.25, 0.3) is 0 Å². The first-order chi connectivity index (χ1) is 7.72. The molecule has 0 amide bonds. The smallest absolute Gasteiger partial charge is 0.185 e. The first kappa shape index (κ1) is 9.03. The van der Waals surface area contributed by atoms with Crippen LogP contribution in [0.4, 0.5) is 5.82 Å². The van der Waals surface area contributed by atoms with Crippen molar-refractivity contribution in [3.63, 3.8) is 0 Å². The number of nitrogens with one attached hydrogen (secondary N) is 1. The lowest BCUT2D eigenvalue weighted by Crippen LogP contribution is -1.79. The van der Waals surface area contributed by atoms with E-state index in [2.05, 4.69) is 29.2 Å². The van der Waals surface area contributed by atoms with E-state index in [0.717, 1.165) is 16.6 Å². The van der Waals surface area contributed by atoms with Crippen LogP contribution in [-0.2, 0) is 0 Å². The number of benzene rings is 1. The zero-order chi connectivity index (χ0) is 11.1. The number of nitrogens with zero attached hydrogens (tertiary/aromatic N) is 1. The van der Waals surface area contributed by atoms with Crippen LogP contribution in [0.15, 0.2) is 34.9 Å². The molecule has 3 aromatic rings. The molecule has 2 aromatic heterocycles. The Hall–Kier alpha value is -2.23. The van der Waals surface area contributed by atoms with Crippen LogP contribution in [0.3, 0.4) is 0 Å². The molecule has 0 bridgehead atoms. The van der Waals surface area contributed by atoms with Crippen molar-refractivity contribution in [2.75, 3.05) is 5.73 Å². The number of aromatic nitrogens is 2. The molecule has 0 aliphatic rings. The molecule has 0 spiro atoms. The molecule has 0 saturated carbocycles. The maximum Gasteiger partial charge on any atom is 0.185 e. The molecular formula is C12H11N3O. The molecule has 1 aromatic carbocycles. The third-order valence-corrected chi connectivity index (χ3v) is 2.57. The van der Waals surface area contributed by atoms with Gasteiger partial charge in [0.15, 0.2) is 11.6 Å². The lowest BCUT2D eigenvalue weighted by molar-refractivity contribution is 0.435. The van der Waals surface area contributed by atoms with Crippen LogP contribution in [-0.4, -0.2) is 10.1 Å². The van der Waals surface area contributed by atoms with Crippen LogP contribution in [0.5, 0.6) is 0 Å². The molecule has 0 atom stereocenters. The first-order valence-corrected chi connectivity index (χ1v) is 5.04. The molecule has 0 aliphatic heterocycles. The van der Waals surface area contributed by atoms with E-state index in [1.165, 1.54) is 5.56 Å². The van der Waals surface area contributed by atoms with Crippen molar-refractivity contribution in [1.29, 1.82) is 0 Å². The maximum absolute atomic E-state index is 5.52. The van der Waals surface area contributed by atoms with Crippen LogP contribution < -0.4 is 5.73 Å². The summed E-state index contributed by atoms with van der Waals surface area (Å²) in [6.45, 7) is 2.07. The van der Waals surface area contributed by atoms with Gasteiger partial charge in [0.1, 0.15) is 0 Å². The molecule has 3 rings (SSSR count). The van der Waals surface area contributed by atoms with Gasteiger partial charge in [0.05, 0.1) is 5.69 Å². The Morgan fingerprint density at radius 1 is 1.25 bits per heavy atom. The number of aryl methyl sites for hydroxylation is 1. The van der Waals surface area contributed by atoms with E-state index in [-0.39, 0.29) is 0 Å². The summed E-state index contributed by atoms with van der Waals surface area (Å²) in [4.78, 5) is 3.26. The Morgan fingerprint density at radius 2 is 2.12 bits per heavy atom. The van der Waals surface area contributed by atoms with Gasteiger partial charge in [0, 0.05) is 17.0 Å². The Balaban J connectivity index is 2.18. The molecule has 2 heterocycles. The van der Waals surface area contributed by atoms with Crippen LogP contribution in [0.1, 0.15) is 5.56 Å². The second kappa shape index (κ2) is 3.13. The third kappa shape index (κ3) is 1.35. The molecule has 0 radical (unpaired) electrons. The van der Waals surface area contributed by atoms with Gasteiger partial charge in [0.2, 0.25) is 0 Å². The van der Waals surface area contributed by atoms with Crippen LogP contribution >= 0.6 is 0 Å². The minimum Gasteiger partial charge on any atom is -0.381 e. The van der Waals surface area contributed by atoms with Gasteiger partial charge in [-0.1, -0.05) is 16.8 Å². The minimum absolute atomic E-state index is 0.393. The monoisotopic (exact) mass is 213 g/mol. The predicted octanol–water partition coefficient (Wildman–Crippen LogP) is 2.71. The van der Waals surface area contributed by atoms with Crippen molar-refractivity contribution in [1.82, 2.24) is 10.1 Å². The van der Waals surface area contributed by atoms with Crippen molar-refractivity contribution in [2.24, 2.45) is 0 Å². The number of hydrogen-bond donors (Lipinski definition) is 2. The lowest BCUT2D eigenvalue weighted by atomic mass is 10.2. The fourth-order valence-corrected chi connectivity index (χ4v) is 1.80. The number of hydrogen-bond acceptors (Lipinski definition) is 3. The summed E-state index contributed by atoms with van der Waals surface area (Å²) in [5.74, 6) is 1.05. The van der Waals surface area contributed by atoms with E-state index in [9.17, 15) is 0 Å². The van der Waals surface area contributed by atoms with Crippen molar-refractivity contribution in [3.8, 4) is 11.5 Å². The van der Waals surface area contributed by atoms with Gasteiger partial charge >= 0.3 is 0 Å². The second-order valence-electron chi connectivity index (χ2n) is 3.89. The molecule has 80 valence electrons. The Morgan fingerprint density at radius 3 is 2.88 bits per heavy atom. The predicted molar refractivity (Wildman–Crippen MR) is 62.9 cm³/mol. The lowest BCUT2D eigenvalue weighted by Gasteiger charge is -1.90. The molecule has 3 N–H and O–H groups in total. The highest BCUT2D eigenvalue weighted by Crippen LogP contribution is 2.25. The largest absolute Gasteiger partial charge is 0.381 e. The third-order valence-electron chi connectivity index (χ3n) is 2.57. The molecule has 0 unspecified atom stereocenters. The summed E-state index contributed by atoms with van der Waals surface area (Å²) < 4.78 is 5.10. The van der Waals surface area contributed by atoms with E-state index in [1.807, 2.05) is 12.1 Å². The fourth-order valence-electron chi connectivity index (χ4n) is 1.80. The summed E-state index contributed by atoms with van der Waals surface area (Å²) >= 11 is 0. The van der Waals surface area contributed by atoms with Crippen LogP contribution in [0, 0.1) is 6.92 Å². The Kier molecular flexibility index (Phi) is 1.77. The second-order valence-corrected chi connectivity index (χ2v) is 3.89. The Labute approximate surface area is 92.0 Å². The van der Waals surface area contributed by atoms with Crippen molar-refractivity contribution >= 4 is 16.7 Å². The molecule has 0 aliphatic carbocycles. The summed E-state index contributed by atoms with van der Waals surface area (Å²) in [5, 5.41) is 4.82. The highest BCUT2D eigenvalue weighted by molar-refractivity contribution is 5.85. The van der Waals surface area contributed by atoms with Crippen LogP contribution in [0.2, 0.25) is 0 Å². The van der Waals surface area contributed by atoms with Gasteiger partial charge in [-0.3, -0.25) is 0 Å². The van der Waals surface area contributed by atoms with E-state index >= 15 is 0 Å². The summed E-state index contributed by atoms with van der Waals surface area (Å²) in [6, 6.07) is 9.97. The summed E-state index contributed by atoms with van der Waals surface area (Å²) in [5.41, 5.74) is 8.72. The standard InChI is InChI=1S/C12H11N3O/c1-7-2-3-9-8(4-7)5-10(14-9)11-6-12(13)15-16-11/h2-6,14H,1H3,(H2,13,15). The average molecular weight is 213 g/mol. The first-order valence-electron chi connectivity index (χ1n) is 5.04. The van der Waals surface area contributed by atoms with Crippen LogP contribution in [0.25, 0.3) is 22.4 Å².